The molecule has 6 heteroatoms. The van der Waals surface area contributed by atoms with E-state index in [9.17, 15) is 9.90 Å². The number of methoxy groups -OCH3 is 1. The van der Waals surface area contributed by atoms with Crippen molar-refractivity contribution in [3.05, 3.63) is 23.5 Å². The lowest BCUT2D eigenvalue weighted by Crippen LogP contribution is -2.35. The van der Waals surface area contributed by atoms with Gasteiger partial charge in [0, 0.05) is 12.5 Å². The van der Waals surface area contributed by atoms with E-state index in [1.165, 1.54) is 13.4 Å². The molecule has 108 valence electrons. The summed E-state index contributed by atoms with van der Waals surface area (Å²) in [6, 6.07) is 0. The van der Waals surface area contributed by atoms with E-state index in [4.69, 9.17) is 14.9 Å². The first kappa shape index (κ1) is 15.7. The first-order valence-corrected chi connectivity index (χ1v) is 6.13. The minimum Gasteiger partial charge on any atom is -0.472 e. The lowest BCUT2D eigenvalue weighted by molar-refractivity contribution is -0.141. The van der Waals surface area contributed by atoms with Crippen molar-refractivity contribution >= 4 is 5.97 Å². The predicted molar refractivity (Wildman–Crippen MR) is 66.7 cm³/mol. The van der Waals surface area contributed by atoms with Gasteiger partial charge >= 0.3 is 5.97 Å². The maximum Gasteiger partial charge on any atom is 0.337 e. The van der Waals surface area contributed by atoms with Crippen LogP contribution in [0.4, 0.5) is 0 Å². The van der Waals surface area contributed by atoms with Crippen LogP contribution in [0.1, 0.15) is 13.3 Å². The summed E-state index contributed by atoms with van der Waals surface area (Å²) in [6.45, 7) is 1.80. The van der Waals surface area contributed by atoms with Crippen molar-refractivity contribution in [3.8, 4) is 0 Å². The molecule has 3 N–H and O–H groups in total. The highest BCUT2D eigenvalue weighted by Gasteiger charge is 2.43. The summed E-state index contributed by atoms with van der Waals surface area (Å²) in [5.74, 6) is -0.947. The van der Waals surface area contributed by atoms with Crippen LogP contribution in [-0.2, 0) is 14.3 Å². The molecule has 0 spiro atoms. The van der Waals surface area contributed by atoms with Crippen molar-refractivity contribution in [3.63, 3.8) is 0 Å². The monoisotopic (exact) mass is 272 g/mol. The second-order valence-corrected chi connectivity index (χ2v) is 4.21. The van der Waals surface area contributed by atoms with Gasteiger partial charge in [-0.2, -0.15) is 0 Å². The minimum atomic E-state index is -1.00. The molecule has 6 nitrogen and oxygen atoms in total. The summed E-state index contributed by atoms with van der Waals surface area (Å²) in [6.07, 6.45) is 2.71. The molecule has 2 rings (SSSR count). The summed E-state index contributed by atoms with van der Waals surface area (Å²) >= 11 is 0. The Balaban J connectivity index is 0.000000550. The third kappa shape index (κ3) is 3.34. The molecule has 0 saturated heterocycles. The van der Waals surface area contributed by atoms with Crippen LogP contribution in [-0.4, -0.2) is 47.9 Å². The molecule has 1 aliphatic carbocycles. The van der Waals surface area contributed by atoms with Gasteiger partial charge in [-0.3, -0.25) is 0 Å². The normalized spacial score (nSPS) is 28.2. The quantitative estimate of drug-likeness (QED) is 0.481. The number of carbonyl (C=O) groups is 1. The molecule has 0 fully saturated rings. The van der Waals surface area contributed by atoms with Crippen molar-refractivity contribution in [2.75, 3.05) is 20.3 Å². The Morgan fingerprint density at radius 2 is 2.16 bits per heavy atom. The van der Waals surface area contributed by atoms with E-state index >= 15 is 0 Å². The molecule has 0 aromatic carbocycles. The Hall–Kier alpha value is -1.37. The van der Waals surface area contributed by atoms with Gasteiger partial charge in [-0.1, -0.05) is 6.08 Å². The van der Waals surface area contributed by atoms with E-state index in [1.807, 2.05) is 6.08 Å². The topological polar surface area (TPSA) is 96.2 Å². The van der Waals surface area contributed by atoms with Crippen molar-refractivity contribution in [1.29, 1.82) is 0 Å². The fourth-order valence-electron chi connectivity index (χ4n) is 2.32. The van der Waals surface area contributed by atoms with Gasteiger partial charge in [0.15, 0.2) is 0 Å². The average Bonchev–Trinajstić information content (AvgIpc) is 2.84. The number of esters is 1. The molecule has 1 heterocycles. The Labute approximate surface area is 112 Å². The molecule has 3 atom stereocenters. The SMILES string of the molecule is CCO.COC(=O)C1=CO[C@@H](O)[C@@H]2C(CO)=CC[C@H]12. The fourth-order valence-corrected chi connectivity index (χ4v) is 2.32. The molecular formula is C13H20O6. The van der Waals surface area contributed by atoms with Crippen LogP contribution in [0.25, 0.3) is 0 Å². The Kier molecular flexibility index (Phi) is 6.01. The molecule has 0 saturated carbocycles. The average molecular weight is 272 g/mol. The first-order chi connectivity index (χ1) is 9.10. The molecule has 0 amide bonds. The molecular weight excluding hydrogens is 252 g/mol. The van der Waals surface area contributed by atoms with Crippen LogP contribution in [0.5, 0.6) is 0 Å². The number of ether oxygens (including phenoxy) is 2. The van der Waals surface area contributed by atoms with Crippen molar-refractivity contribution < 1.29 is 29.6 Å². The summed E-state index contributed by atoms with van der Waals surface area (Å²) in [5, 5.41) is 26.4. The van der Waals surface area contributed by atoms with E-state index in [2.05, 4.69) is 4.74 Å². The summed E-state index contributed by atoms with van der Waals surface area (Å²) in [4.78, 5) is 11.5. The van der Waals surface area contributed by atoms with E-state index < -0.39 is 12.3 Å². The van der Waals surface area contributed by atoms with Gasteiger partial charge < -0.3 is 24.8 Å². The number of hydrogen-bond acceptors (Lipinski definition) is 6. The molecule has 0 radical (unpaired) electrons. The fraction of sp³-hybridized carbons (Fsp3) is 0.615. The van der Waals surface area contributed by atoms with Crippen molar-refractivity contribution in [2.24, 2.45) is 11.8 Å². The standard InChI is InChI=1S/C11H14O5.C2H6O/c1-15-10(13)8-5-16-11(14)9-6(4-12)2-3-7(8)9;1-2-3/h2,5,7,9,11-12,14H,3-4H2,1H3;3H,2H2,1H3/t7-,9-,11-;/m1./s1. The molecule has 0 unspecified atom stereocenters. The zero-order chi connectivity index (χ0) is 14.4. The van der Waals surface area contributed by atoms with E-state index in [0.717, 1.165) is 0 Å². The maximum atomic E-state index is 11.5. The van der Waals surface area contributed by atoms with Crippen LogP contribution >= 0.6 is 0 Å². The lowest BCUT2D eigenvalue weighted by Gasteiger charge is -2.31. The Morgan fingerprint density at radius 1 is 1.53 bits per heavy atom. The maximum absolute atomic E-state index is 11.5. The summed E-state index contributed by atoms with van der Waals surface area (Å²) in [7, 11) is 1.30. The van der Waals surface area contributed by atoms with Crippen LogP contribution in [0.15, 0.2) is 23.5 Å². The van der Waals surface area contributed by atoms with Crippen molar-refractivity contribution in [1.82, 2.24) is 0 Å². The number of carbonyl (C=O) groups excluding carboxylic acids is 1. The third-order valence-electron chi connectivity index (χ3n) is 3.14. The third-order valence-corrected chi connectivity index (χ3v) is 3.14. The second kappa shape index (κ2) is 7.28. The van der Waals surface area contributed by atoms with Crippen LogP contribution < -0.4 is 0 Å². The van der Waals surface area contributed by atoms with Crippen molar-refractivity contribution in [2.45, 2.75) is 19.6 Å². The number of allylic oxidation sites excluding steroid dienone is 1. The summed E-state index contributed by atoms with van der Waals surface area (Å²) < 4.78 is 9.65. The van der Waals surface area contributed by atoms with Gasteiger partial charge in [0.05, 0.1) is 31.5 Å². The first-order valence-electron chi connectivity index (χ1n) is 6.13. The van der Waals surface area contributed by atoms with Crippen LogP contribution in [0, 0.1) is 11.8 Å². The highest BCUT2D eigenvalue weighted by Crippen LogP contribution is 2.42. The van der Waals surface area contributed by atoms with Crippen LogP contribution in [0.3, 0.4) is 0 Å². The number of aliphatic hydroxyl groups is 3. The largest absolute Gasteiger partial charge is 0.472 e. The lowest BCUT2D eigenvalue weighted by atomic mass is 9.83. The summed E-state index contributed by atoms with van der Waals surface area (Å²) in [5.41, 5.74) is 1.13. The number of fused-ring (bicyclic) bond motifs is 1. The number of hydrogen-bond donors (Lipinski definition) is 3. The van der Waals surface area contributed by atoms with Crippen LogP contribution in [0.2, 0.25) is 0 Å². The Bertz CT molecular complexity index is 373. The molecule has 19 heavy (non-hydrogen) atoms. The van der Waals surface area contributed by atoms with Gasteiger partial charge in [-0.25, -0.2) is 4.79 Å². The van der Waals surface area contributed by atoms with Gasteiger partial charge in [-0.05, 0) is 18.9 Å². The highest BCUT2D eigenvalue weighted by molar-refractivity contribution is 5.89. The zero-order valence-corrected chi connectivity index (χ0v) is 11.1. The molecule has 2 aliphatic rings. The van der Waals surface area contributed by atoms with E-state index in [-0.39, 0.29) is 25.0 Å². The van der Waals surface area contributed by atoms with E-state index in [0.29, 0.717) is 17.6 Å². The van der Waals surface area contributed by atoms with E-state index in [1.54, 1.807) is 6.92 Å². The smallest absolute Gasteiger partial charge is 0.337 e. The van der Waals surface area contributed by atoms with Gasteiger partial charge in [0.1, 0.15) is 0 Å². The predicted octanol–water partition coefficient (Wildman–Crippen LogP) is -0.0547. The molecule has 1 aliphatic heterocycles. The second-order valence-electron chi connectivity index (χ2n) is 4.21. The Morgan fingerprint density at radius 3 is 2.68 bits per heavy atom. The molecule has 0 aromatic heterocycles. The van der Waals surface area contributed by atoms with Gasteiger partial charge in [0.25, 0.3) is 0 Å². The van der Waals surface area contributed by atoms with Gasteiger partial charge in [-0.15, -0.1) is 0 Å². The molecule has 0 aromatic rings. The highest BCUT2D eigenvalue weighted by atomic mass is 16.6. The number of aliphatic hydroxyl groups excluding tert-OH is 3. The number of rotatable bonds is 2. The minimum absolute atomic E-state index is 0.129. The van der Waals surface area contributed by atoms with Gasteiger partial charge in [0.2, 0.25) is 6.29 Å². The zero-order valence-electron chi connectivity index (χ0n) is 11.1. The molecule has 0 bridgehead atoms.